The van der Waals surface area contributed by atoms with Crippen molar-refractivity contribution in [3.05, 3.63) is 40.5 Å². The van der Waals surface area contributed by atoms with Gasteiger partial charge in [-0.3, -0.25) is 0 Å². The predicted octanol–water partition coefficient (Wildman–Crippen LogP) is 4.20. The lowest BCUT2D eigenvalue weighted by Crippen LogP contribution is -2.43. The van der Waals surface area contributed by atoms with Crippen LogP contribution >= 0.6 is 11.3 Å². The first-order chi connectivity index (χ1) is 18.1. The second-order valence-electron chi connectivity index (χ2n) is 9.00. The zero-order valence-electron chi connectivity index (χ0n) is 20.8. The highest BCUT2D eigenvalue weighted by Gasteiger charge is 2.37. The van der Waals surface area contributed by atoms with Crippen molar-refractivity contribution in [3.63, 3.8) is 0 Å². The number of anilines is 3. The van der Waals surface area contributed by atoms with Crippen molar-refractivity contribution in [3.8, 4) is 10.6 Å². The van der Waals surface area contributed by atoms with Gasteiger partial charge in [-0.25, -0.2) is 23.4 Å². The number of aromatic nitrogens is 3. The first-order valence-electron chi connectivity index (χ1n) is 12.2. The number of piperazine rings is 1. The van der Waals surface area contributed by atoms with Crippen molar-refractivity contribution in [2.75, 3.05) is 48.8 Å². The molecule has 3 aromatic heterocycles. The summed E-state index contributed by atoms with van der Waals surface area (Å²) in [4.78, 5) is 15.5. The van der Waals surface area contributed by atoms with E-state index in [1.54, 1.807) is 6.92 Å². The Labute approximate surface area is 222 Å². The van der Waals surface area contributed by atoms with E-state index >= 15 is 0 Å². The Bertz CT molecular complexity index is 1440. The molecule has 3 aromatic rings. The van der Waals surface area contributed by atoms with Gasteiger partial charge in [0.1, 0.15) is 11.4 Å². The highest BCUT2D eigenvalue weighted by Crippen LogP contribution is 2.44. The molecule has 204 valence electrons. The summed E-state index contributed by atoms with van der Waals surface area (Å²) in [5.41, 5.74) is -0.123. The number of thiophene rings is 1. The minimum absolute atomic E-state index is 0.00952. The van der Waals surface area contributed by atoms with E-state index in [-0.39, 0.29) is 33.8 Å². The zero-order valence-corrected chi connectivity index (χ0v) is 22.4. The highest BCUT2D eigenvalue weighted by molar-refractivity contribution is 7.91. The molecule has 38 heavy (non-hydrogen) atoms. The number of halogens is 3. The van der Waals surface area contributed by atoms with Crippen LogP contribution < -0.4 is 15.5 Å². The fraction of sp³-hybridized carbons (Fsp3) is 0.458. The van der Waals surface area contributed by atoms with Gasteiger partial charge < -0.3 is 20.3 Å². The third kappa shape index (κ3) is 5.35. The third-order valence-electron chi connectivity index (χ3n) is 6.46. The Balaban J connectivity index is 1.53. The Kier molecular flexibility index (Phi) is 7.33. The van der Waals surface area contributed by atoms with Crippen LogP contribution in [-0.2, 0) is 27.2 Å². The van der Waals surface area contributed by atoms with Gasteiger partial charge in [-0.05, 0) is 31.5 Å². The summed E-state index contributed by atoms with van der Waals surface area (Å²) < 4.78 is 72.9. The molecule has 0 radical (unpaired) electrons. The highest BCUT2D eigenvalue weighted by atomic mass is 32.2. The number of fused-ring (bicyclic) bond motifs is 1. The van der Waals surface area contributed by atoms with E-state index in [9.17, 15) is 21.6 Å². The molecular weight excluding hydrogens is 541 g/mol. The Morgan fingerprint density at radius 3 is 2.71 bits per heavy atom. The summed E-state index contributed by atoms with van der Waals surface area (Å²) in [6.45, 7) is 7.04. The summed E-state index contributed by atoms with van der Waals surface area (Å²) in [7, 11) is -3.70. The maximum atomic E-state index is 14.0. The van der Waals surface area contributed by atoms with Crippen molar-refractivity contribution < 1.29 is 26.3 Å². The third-order valence-corrected chi connectivity index (χ3v) is 9.60. The van der Waals surface area contributed by atoms with Gasteiger partial charge in [0, 0.05) is 32.4 Å². The number of nitrogens with one attached hydrogen (secondary N) is 2. The number of rotatable bonds is 5. The Hall–Kier alpha value is -2.81. The van der Waals surface area contributed by atoms with Crippen LogP contribution in [0.5, 0.6) is 0 Å². The molecule has 0 amide bonds. The van der Waals surface area contributed by atoms with E-state index in [1.807, 2.05) is 19.1 Å². The van der Waals surface area contributed by atoms with Gasteiger partial charge in [0.2, 0.25) is 5.95 Å². The van der Waals surface area contributed by atoms with Crippen LogP contribution in [0, 0.1) is 0 Å². The Morgan fingerprint density at radius 2 is 2.00 bits per heavy atom. The topological polar surface area (TPSA) is 109 Å². The molecule has 2 aliphatic rings. The van der Waals surface area contributed by atoms with Crippen LogP contribution in [0.1, 0.15) is 36.1 Å². The van der Waals surface area contributed by atoms with Crippen molar-refractivity contribution in [2.45, 2.75) is 37.4 Å². The number of ether oxygens (including phenoxy) is 1. The minimum atomic E-state index is -4.74. The zero-order chi connectivity index (χ0) is 27.1. The molecule has 1 atom stereocenters. The standard InChI is InChI=1S/C24H27F3N6O3S2/c1-3-16-17(4-5-20(30-16)33-8-6-28-7-9-33)31-23-29-13-15(24(25,26)27)21(32-23)18-12-19-22(37-18)14(2)36-10-11-38(19,34)35/h4-5,12-14,28H,3,6-11H2,1-2H3,(H,29,31,32). The van der Waals surface area contributed by atoms with E-state index in [0.29, 0.717) is 17.0 Å². The van der Waals surface area contributed by atoms with Gasteiger partial charge in [-0.15, -0.1) is 11.3 Å². The van der Waals surface area contributed by atoms with Crippen LogP contribution in [-0.4, -0.2) is 61.9 Å². The summed E-state index contributed by atoms with van der Waals surface area (Å²) in [6, 6.07) is 4.95. The first-order valence-corrected chi connectivity index (χ1v) is 14.7. The summed E-state index contributed by atoms with van der Waals surface area (Å²) in [6.07, 6.45) is -4.00. The van der Waals surface area contributed by atoms with E-state index in [2.05, 4.69) is 25.5 Å². The summed E-state index contributed by atoms with van der Waals surface area (Å²) in [5.74, 6) is 0.552. The van der Waals surface area contributed by atoms with Gasteiger partial charge in [0.25, 0.3) is 0 Å². The minimum Gasteiger partial charge on any atom is -0.372 e. The number of pyridine rings is 1. The molecule has 1 unspecified atom stereocenters. The van der Waals surface area contributed by atoms with Crippen LogP contribution in [0.2, 0.25) is 0 Å². The SMILES string of the molecule is CCc1nc(N2CCNCC2)ccc1Nc1ncc(C(F)(F)F)c(-c2cc3c(s2)C(C)OCCS3(=O)=O)n1. The molecule has 5 rings (SSSR count). The van der Waals surface area contributed by atoms with Crippen LogP contribution in [0.3, 0.4) is 0 Å². The van der Waals surface area contributed by atoms with E-state index < -0.39 is 27.7 Å². The molecule has 2 N–H and O–H groups in total. The van der Waals surface area contributed by atoms with Gasteiger partial charge in [-0.1, -0.05) is 6.92 Å². The number of hydrogen-bond acceptors (Lipinski definition) is 10. The number of hydrogen-bond donors (Lipinski definition) is 2. The number of aryl methyl sites for hydroxylation is 1. The van der Waals surface area contributed by atoms with Gasteiger partial charge in [0.15, 0.2) is 9.84 Å². The molecular formula is C24H27F3N6O3S2. The van der Waals surface area contributed by atoms with Crippen molar-refractivity contribution >= 4 is 38.6 Å². The number of alkyl halides is 3. The summed E-state index contributed by atoms with van der Waals surface area (Å²) in [5, 5.41) is 6.32. The van der Waals surface area contributed by atoms with Gasteiger partial charge in [0.05, 0.1) is 50.2 Å². The lowest BCUT2D eigenvalue weighted by atomic mass is 10.2. The molecule has 0 bridgehead atoms. The smallest absolute Gasteiger partial charge is 0.372 e. The normalized spacial score (nSPS) is 19.6. The molecule has 0 aliphatic carbocycles. The average molecular weight is 569 g/mol. The lowest BCUT2D eigenvalue weighted by molar-refractivity contribution is -0.137. The average Bonchev–Trinajstić information content (AvgIpc) is 3.32. The monoisotopic (exact) mass is 568 g/mol. The second-order valence-corrected chi connectivity index (χ2v) is 12.2. The maximum absolute atomic E-state index is 14.0. The quantitative estimate of drug-likeness (QED) is 0.468. The molecule has 5 heterocycles. The van der Waals surface area contributed by atoms with E-state index in [1.165, 1.54) is 6.07 Å². The van der Waals surface area contributed by atoms with Crippen molar-refractivity contribution in [2.24, 2.45) is 0 Å². The van der Waals surface area contributed by atoms with Crippen molar-refractivity contribution in [1.29, 1.82) is 0 Å². The molecule has 0 aromatic carbocycles. The van der Waals surface area contributed by atoms with Gasteiger partial charge >= 0.3 is 6.18 Å². The molecule has 0 saturated carbocycles. The molecule has 1 fully saturated rings. The van der Waals surface area contributed by atoms with Crippen LogP contribution in [0.25, 0.3) is 10.6 Å². The molecule has 0 spiro atoms. The largest absolute Gasteiger partial charge is 0.420 e. The maximum Gasteiger partial charge on any atom is 0.420 e. The fourth-order valence-electron chi connectivity index (χ4n) is 4.45. The van der Waals surface area contributed by atoms with Gasteiger partial charge in [-0.2, -0.15) is 13.2 Å². The molecule has 9 nitrogen and oxygen atoms in total. The number of nitrogens with zero attached hydrogens (tertiary/aromatic N) is 4. The molecule has 1 saturated heterocycles. The predicted molar refractivity (Wildman–Crippen MR) is 139 cm³/mol. The van der Waals surface area contributed by atoms with Crippen molar-refractivity contribution in [1.82, 2.24) is 20.3 Å². The lowest BCUT2D eigenvalue weighted by Gasteiger charge is -2.29. The van der Waals surface area contributed by atoms with E-state index in [4.69, 9.17) is 9.72 Å². The molecule has 2 aliphatic heterocycles. The first kappa shape index (κ1) is 26.8. The van der Waals surface area contributed by atoms with E-state index in [0.717, 1.165) is 55.2 Å². The number of sulfone groups is 1. The second kappa shape index (κ2) is 10.4. The Morgan fingerprint density at radius 1 is 1.24 bits per heavy atom. The summed E-state index contributed by atoms with van der Waals surface area (Å²) >= 11 is 0.938. The van der Waals surface area contributed by atoms with Crippen LogP contribution in [0.4, 0.5) is 30.6 Å². The molecule has 14 heteroatoms. The van der Waals surface area contributed by atoms with Crippen LogP contribution in [0.15, 0.2) is 29.3 Å². The fourth-order valence-corrected chi connectivity index (χ4v) is 7.40.